The number of hydrogen-bond donors (Lipinski definition) is 2. The fourth-order valence-electron chi connectivity index (χ4n) is 3.10. The molecule has 0 spiro atoms. The second-order valence-electron chi connectivity index (χ2n) is 6.50. The number of anilines is 1. The van der Waals surface area contributed by atoms with Crippen LogP contribution in [0.4, 0.5) is 10.1 Å². The van der Waals surface area contributed by atoms with Crippen LogP contribution in [0, 0.1) is 12.7 Å². The number of nitrogens with one attached hydrogen (secondary N) is 1. The molecule has 2 heterocycles. The molecule has 0 amide bonds. The van der Waals surface area contributed by atoms with Gasteiger partial charge >= 0.3 is 0 Å². The van der Waals surface area contributed by atoms with Crippen molar-refractivity contribution < 1.29 is 12.8 Å². The smallest absolute Gasteiger partial charge is 0.261 e. The maximum Gasteiger partial charge on any atom is 0.261 e. The van der Waals surface area contributed by atoms with Crippen molar-refractivity contribution in [2.75, 3.05) is 4.72 Å². The number of rotatable bonds is 4. The molecule has 8 heteroatoms. The first-order valence-electron chi connectivity index (χ1n) is 8.53. The molecule has 0 unspecified atom stereocenters. The number of benzene rings is 2. The molecule has 142 valence electrons. The SMILES string of the molecule is Cc1cc(NS(=O)(=O)c2cccc(F)c2)ccc1-c1ccc2c(n1)C(N)=NC2. The van der Waals surface area contributed by atoms with Crippen LogP contribution < -0.4 is 10.5 Å². The summed E-state index contributed by atoms with van der Waals surface area (Å²) in [7, 11) is -3.88. The van der Waals surface area contributed by atoms with E-state index in [1.807, 2.05) is 19.1 Å². The van der Waals surface area contributed by atoms with E-state index in [1.54, 1.807) is 18.2 Å². The molecule has 3 aromatic rings. The number of aliphatic imine (C=N–C) groups is 1. The fraction of sp³-hybridized carbons (Fsp3) is 0.100. The molecule has 1 aliphatic rings. The van der Waals surface area contributed by atoms with Gasteiger partial charge in [-0.15, -0.1) is 0 Å². The molecule has 1 aliphatic heterocycles. The molecule has 0 saturated heterocycles. The van der Waals surface area contributed by atoms with Gasteiger partial charge in [-0.3, -0.25) is 9.71 Å². The Kier molecular flexibility index (Phi) is 4.35. The minimum absolute atomic E-state index is 0.135. The van der Waals surface area contributed by atoms with Crippen LogP contribution in [0.3, 0.4) is 0 Å². The number of amidine groups is 1. The van der Waals surface area contributed by atoms with Gasteiger partial charge in [0.05, 0.1) is 17.1 Å². The third-order valence-electron chi connectivity index (χ3n) is 4.50. The first kappa shape index (κ1) is 18.1. The van der Waals surface area contributed by atoms with E-state index in [1.165, 1.54) is 18.2 Å². The predicted octanol–water partition coefficient (Wildman–Crippen LogP) is 3.22. The van der Waals surface area contributed by atoms with E-state index in [4.69, 9.17) is 5.73 Å². The van der Waals surface area contributed by atoms with Crippen molar-refractivity contribution >= 4 is 21.5 Å². The van der Waals surface area contributed by atoms with Gasteiger partial charge in [0, 0.05) is 16.8 Å². The van der Waals surface area contributed by atoms with Gasteiger partial charge in [-0.2, -0.15) is 0 Å². The number of nitrogens with two attached hydrogens (primary N) is 1. The highest BCUT2D eigenvalue weighted by atomic mass is 32.2. The molecule has 4 rings (SSSR count). The monoisotopic (exact) mass is 396 g/mol. The molecule has 0 atom stereocenters. The van der Waals surface area contributed by atoms with E-state index in [0.717, 1.165) is 28.5 Å². The lowest BCUT2D eigenvalue weighted by molar-refractivity contribution is 0.595. The second kappa shape index (κ2) is 6.72. The zero-order valence-corrected chi connectivity index (χ0v) is 15.8. The molecule has 2 aromatic carbocycles. The zero-order valence-electron chi connectivity index (χ0n) is 15.0. The Morgan fingerprint density at radius 2 is 1.93 bits per heavy atom. The summed E-state index contributed by atoms with van der Waals surface area (Å²) in [6, 6.07) is 13.8. The second-order valence-corrected chi connectivity index (χ2v) is 8.18. The number of sulfonamides is 1. The van der Waals surface area contributed by atoms with Crippen molar-refractivity contribution in [1.29, 1.82) is 0 Å². The quantitative estimate of drug-likeness (QED) is 0.708. The lowest BCUT2D eigenvalue weighted by Gasteiger charge is -2.12. The van der Waals surface area contributed by atoms with Crippen molar-refractivity contribution in [2.45, 2.75) is 18.4 Å². The van der Waals surface area contributed by atoms with Crippen LogP contribution in [0.5, 0.6) is 0 Å². The van der Waals surface area contributed by atoms with Gasteiger partial charge in [0.15, 0.2) is 0 Å². The number of pyridine rings is 1. The number of aromatic nitrogens is 1. The highest BCUT2D eigenvalue weighted by molar-refractivity contribution is 7.92. The maximum absolute atomic E-state index is 13.3. The number of halogens is 1. The maximum atomic E-state index is 13.3. The van der Waals surface area contributed by atoms with Gasteiger partial charge in [0.2, 0.25) is 0 Å². The van der Waals surface area contributed by atoms with Crippen LogP contribution in [-0.2, 0) is 16.6 Å². The normalized spacial score (nSPS) is 13.1. The topological polar surface area (TPSA) is 97.4 Å². The molecule has 0 radical (unpaired) electrons. The number of hydrogen-bond acceptors (Lipinski definition) is 5. The van der Waals surface area contributed by atoms with Crippen molar-refractivity contribution in [3.63, 3.8) is 0 Å². The van der Waals surface area contributed by atoms with Crippen LogP contribution >= 0.6 is 0 Å². The first-order chi connectivity index (χ1) is 13.3. The van der Waals surface area contributed by atoms with Gasteiger partial charge in [0.25, 0.3) is 10.0 Å². The molecular formula is C20H17FN4O2S. The summed E-state index contributed by atoms with van der Waals surface area (Å²) in [5, 5.41) is 0. The van der Waals surface area contributed by atoms with Gasteiger partial charge in [-0.25, -0.2) is 17.8 Å². The third kappa shape index (κ3) is 3.34. The summed E-state index contributed by atoms with van der Waals surface area (Å²) in [5.41, 5.74) is 10.4. The van der Waals surface area contributed by atoms with E-state index < -0.39 is 15.8 Å². The summed E-state index contributed by atoms with van der Waals surface area (Å²) >= 11 is 0. The average molecular weight is 396 g/mol. The minimum Gasteiger partial charge on any atom is -0.382 e. The van der Waals surface area contributed by atoms with Gasteiger partial charge in [-0.1, -0.05) is 18.2 Å². The summed E-state index contributed by atoms with van der Waals surface area (Å²) in [5.74, 6) is -0.186. The standard InChI is InChI=1S/C20H17FN4O2S/c1-12-9-15(25-28(26,27)16-4-2-3-14(21)10-16)6-7-17(12)18-8-5-13-11-23-20(22)19(13)24-18/h2-10,25H,11H2,1H3,(H2,22,23). The number of aryl methyl sites for hydroxylation is 1. The van der Waals surface area contributed by atoms with Crippen molar-refractivity contribution in [3.8, 4) is 11.3 Å². The Morgan fingerprint density at radius 1 is 1.11 bits per heavy atom. The first-order valence-corrected chi connectivity index (χ1v) is 10.0. The Labute approximate surface area is 162 Å². The van der Waals surface area contributed by atoms with E-state index in [0.29, 0.717) is 23.8 Å². The molecule has 3 N–H and O–H groups in total. The highest BCUT2D eigenvalue weighted by Crippen LogP contribution is 2.28. The fourth-order valence-corrected chi connectivity index (χ4v) is 4.18. The van der Waals surface area contributed by atoms with Crippen LogP contribution in [0.25, 0.3) is 11.3 Å². The number of nitrogens with zero attached hydrogens (tertiary/aromatic N) is 2. The molecule has 1 aromatic heterocycles. The van der Waals surface area contributed by atoms with E-state index in [9.17, 15) is 12.8 Å². The van der Waals surface area contributed by atoms with Crippen molar-refractivity contribution in [2.24, 2.45) is 10.7 Å². The Hall–Kier alpha value is -3.26. The van der Waals surface area contributed by atoms with Crippen LogP contribution in [0.15, 0.2) is 64.5 Å². The van der Waals surface area contributed by atoms with E-state index in [-0.39, 0.29) is 4.90 Å². The molecule has 28 heavy (non-hydrogen) atoms. The molecule has 0 bridgehead atoms. The van der Waals surface area contributed by atoms with Crippen molar-refractivity contribution in [3.05, 3.63) is 77.2 Å². The molecule has 0 saturated carbocycles. The zero-order chi connectivity index (χ0) is 19.9. The predicted molar refractivity (Wildman–Crippen MR) is 106 cm³/mol. The lowest BCUT2D eigenvalue weighted by atomic mass is 10.0. The van der Waals surface area contributed by atoms with Crippen LogP contribution in [0.1, 0.15) is 16.8 Å². The summed E-state index contributed by atoms with van der Waals surface area (Å²) in [6.07, 6.45) is 0. The molecule has 0 aliphatic carbocycles. The Balaban J connectivity index is 1.64. The lowest BCUT2D eigenvalue weighted by Crippen LogP contribution is -2.13. The Bertz CT molecular complexity index is 1220. The summed E-state index contributed by atoms with van der Waals surface area (Å²) < 4.78 is 40.8. The van der Waals surface area contributed by atoms with Gasteiger partial charge in [0.1, 0.15) is 17.3 Å². The Morgan fingerprint density at radius 3 is 2.68 bits per heavy atom. The average Bonchev–Trinajstić information content (AvgIpc) is 3.02. The van der Waals surface area contributed by atoms with E-state index in [2.05, 4.69) is 14.7 Å². The minimum atomic E-state index is -3.88. The summed E-state index contributed by atoms with van der Waals surface area (Å²) in [4.78, 5) is 8.64. The van der Waals surface area contributed by atoms with Crippen LogP contribution in [-0.4, -0.2) is 19.2 Å². The van der Waals surface area contributed by atoms with Crippen molar-refractivity contribution in [1.82, 2.24) is 4.98 Å². The molecular weight excluding hydrogens is 379 g/mol. The van der Waals surface area contributed by atoms with Crippen LogP contribution in [0.2, 0.25) is 0 Å². The summed E-state index contributed by atoms with van der Waals surface area (Å²) in [6.45, 7) is 2.40. The third-order valence-corrected chi connectivity index (χ3v) is 5.88. The van der Waals surface area contributed by atoms with Gasteiger partial charge in [-0.05, 0) is 48.9 Å². The molecule has 0 fully saturated rings. The van der Waals surface area contributed by atoms with E-state index >= 15 is 0 Å². The highest BCUT2D eigenvalue weighted by Gasteiger charge is 2.18. The molecule has 6 nitrogen and oxygen atoms in total. The largest absolute Gasteiger partial charge is 0.382 e. The van der Waals surface area contributed by atoms with Gasteiger partial charge < -0.3 is 5.73 Å². The number of fused-ring (bicyclic) bond motifs is 1.